The zero-order chi connectivity index (χ0) is 24.7. The van der Waals surface area contributed by atoms with Crippen molar-refractivity contribution in [3.05, 3.63) is 58.4 Å². The van der Waals surface area contributed by atoms with E-state index in [1.807, 2.05) is 51.1 Å². The molecule has 4 N–H and O–H groups in total. The molecule has 0 spiro atoms. The summed E-state index contributed by atoms with van der Waals surface area (Å²) >= 11 is 1.31. The normalized spacial score (nSPS) is 20.8. The molecule has 1 saturated heterocycles. The average Bonchev–Trinajstić information content (AvgIpc) is 3.36. The number of thiophene rings is 1. The lowest BCUT2D eigenvalue weighted by Crippen LogP contribution is -2.42. The third kappa shape index (κ3) is 4.78. The van der Waals surface area contributed by atoms with Crippen LogP contribution in [0, 0.1) is 6.92 Å². The van der Waals surface area contributed by atoms with Crippen molar-refractivity contribution in [2.75, 3.05) is 23.8 Å². The van der Waals surface area contributed by atoms with Crippen LogP contribution in [0.3, 0.4) is 0 Å². The van der Waals surface area contributed by atoms with Crippen LogP contribution in [0.4, 0.5) is 11.4 Å². The number of ether oxygens (including phenoxy) is 2. The Kier molecular flexibility index (Phi) is 6.29. The van der Waals surface area contributed by atoms with Gasteiger partial charge in [0.25, 0.3) is 5.91 Å². The van der Waals surface area contributed by atoms with Gasteiger partial charge in [-0.3, -0.25) is 4.79 Å². The van der Waals surface area contributed by atoms with Crippen LogP contribution in [-0.2, 0) is 11.2 Å². The van der Waals surface area contributed by atoms with Gasteiger partial charge in [0.05, 0.1) is 29.6 Å². The van der Waals surface area contributed by atoms with Crippen molar-refractivity contribution in [1.82, 2.24) is 10.3 Å². The zero-order valence-electron chi connectivity index (χ0n) is 20.1. The van der Waals surface area contributed by atoms with E-state index in [2.05, 4.69) is 15.2 Å². The molecule has 184 valence electrons. The van der Waals surface area contributed by atoms with Gasteiger partial charge in [0.15, 0.2) is 0 Å². The van der Waals surface area contributed by atoms with Gasteiger partial charge in [-0.1, -0.05) is 6.07 Å². The number of nitrogens with one attached hydrogen (secondary N) is 1. The maximum absolute atomic E-state index is 13.0. The Hall–Kier alpha value is -3.30. The second-order valence-corrected chi connectivity index (χ2v) is 10.4. The number of nitrogens with zero attached hydrogens (tertiary/aromatic N) is 2. The summed E-state index contributed by atoms with van der Waals surface area (Å²) in [6, 6.07) is 9.68. The minimum absolute atomic E-state index is 0.0735. The Morgan fingerprint density at radius 2 is 2.17 bits per heavy atom. The van der Waals surface area contributed by atoms with Gasteiger partial charge in [-0.05, 0) is 51.0 Å². The number of pyridine rings is 1. The Labute approximate surface area is 208 Å². The first-order chi connectivity index (χ1) is 16.8. The lowest BCUT2D eigenvalue weighted by molar-refractivity contribution is 0.0920. The number of amides is 1. The Bertz CT molecular complexity index is 1300. The second kappa shape index (κ2) is 9.39. The zero-order valence-corrected chi connectivity index (χ0v) is 20.9. The monoisotopic (exact) mass is 494 g/mol. The minimum Gasteiger partial charge on any atom is -0.497 e. The van der Waals surface area contributed by atoms with Crippen molar-refractivity contribution >= 4 is 38.8 Å². The number of β-amino-alcohol motifs (C(OH)–C–C–N with tert-alkyl or cyclic N) is 1. The molecule has 0 bridgehead atoms. The van der Waals surface area contributed by atoms with Crippen LogP contribution in [0.2, 0.25) is 0 Å². The number of aliphatic hydroxyl groups is 1. The van der Waals surface area contributed by atoms with Crippen LogP contribution in [-0.4, -0.2) is 47.4 Å². The maximum Gasteiger partial charge on any atom is 0.263 e. The number of benzene rings is 1. The van der Waals surface area contributed by atoms with E-state index < -0.39 is 6.10 Å². The Morgan fingerprint density at radius 3 is 2.97 bits per heavy atom. The number of rotatable bonds is 5. The summed E-state index contributed by atoms with van der Waals surface area (Å²) < 4.78 is 11.7. The van der Waals surface area contributed by atoms with Crippen LogP contribution in [0.25, 0.3) is 10.2 Å². The molecule has 5 rings (SSSR count). The standard InChI is InChI=1S/C26H30N4O4S/c1-14(2)33-13-19-9-20(31)11-30(19)18-6-5-16-8-17(12-34-22(16)10-18)29-25(32)24-23(27)21-7-4-15(3)28-26(21)35-24/h4-7,10,13-14,17,20,31H,8-9,11-12,27H2,1-3H3,(H,29,32)/b19-13+/t17-,20?/m1/s1. The predicted molar refractivity (Wildman–Crippen MR) is 138 cm³/mol. The molecule has 1 amide bonds. The summed E-state index contributed by atoms with van der Waals surface area (Å²) in [7, 11) is 0. The Morgan fingerprint density at radius 1 is 1.34 bits per heavy atom. The molecule has 2 atom stereocenters. The van der Waals surface area contributed by atoms with E-state index in [-0.39, 0.29) is 18.1 Å². The third-order valence-corrected chi connectivity index (χ3v) is 7.32. The number of hydrogen-bond acceptors (Lipinski definition) is 8. The number of anilines is 2. The highest BCUT2D eigenvalue weighted by molar-refractivity contribution is 7.21. The third-order valence-electron chi connectivity index (χ3n) is 6.20. The number of nitrogen functional groups attached to an aromatic ring is 1. The molecule has 2 aliphatic heterocycles. The van der Waals surface area contributed by atoms with Crippen molar-refractivity contribution < 1.29 is 19.4 Å². The average molecular weight is 495 g/mol. The molecule has 8 nitrogen and oxygen atoms in total. The largest absolute Gasteiger partial charge is 0.497 e. The van der Waals surface area contributed by atoms with Gasteiger partial charge in [0.2, 0.25) is 0 Å². The van der Waals surface area contributed by atoms with Crippen molar-refractivity contribution in [3.8, 4) is 5.75 Å². The SMILES string of the molecule is Cc1ccc2c(N)c(C(=O)N[C@H]3COc4cc(N5CC(O)C/C5=C\OC(C)C)ccc4C3)sc2n1. The molecule has 1 unspecified atom stereocenters. The topological polar surface area (TPSA) is 110 Å². The molecular weight excluding hydrogens is 464 g/mol. The number of aryl methyl sites for hydroxylation is 1. The summed E-state index contributed by atoms with van der Waals surface area (Å²) in [6.45, 7) is 6.74. The van der Waals surface area contributed by atoms with E-state index in [4.69, 9.17) is 15.2 Å². The molecule has 35 heavy (non-hydrogen) atoms. The van der Waals surface area contributed by atoms with Crippen LogP contribution >= 0.6 is 11.3 Å². The van der Waals surface area contributed by atoms with Crippen molar-refractivity contribution in [3.63, 3.8) is 0 Å². The molecule has 2 aromatic heterocycles. The van der Waals surface area contributed by atoms with E-state index in [9.17, 15) is 9.90 Å². The van der Waals surface area contributed by atoms with E-state index in [0.717, 1.165) is 38.6 Å². The van der Waals surface area contributed by atoms with Gasteiger partial charge in [-0.15, -0.1) is 11.3 Å². The van der Waals surface area contributed by atoms with E-state index in [1.54, 1.807) is 6.26 Å². The molecule has 0 saturated carbocycles. The molecular formula is C26H30N4O4S. The number of aliphatic hydroxyl groups excluding tert-OH is 1. The molecule has 9 heteroatoms. The fraction of sp³-hybridized carbons (Fsp3) is 0.385. The molecule has 0 radical (unpaired) electrons. The highest BCUT2D eigenvalue weighted by Gasteiger charge is 2.29. The van der Waals surface area contributed by atoms with E-state index in [0.29, 0.717) is 36.6 Å². The van der Waals surface area contributed by atoms with Gasteiger partial charge >= 0.3 is 0 Å². The number of carbonyl (C=O) groups excluding carboxylic acids is 1. The van der Waals surface area contributed by atoms with Crippen molar-refractivity contribution in [1.29, 1.82) is 0 Å². The molecule has 1 aromatic carbocycles. The van der Waals surface area contributed by atoms with E-state index in [1.165, 1.54) is 11.3 Å². The summed E-state index contributed by atoms with van der Waals surface area (Å²) in [6.07, 6.45) is 2.59. The van der Waals surface area contributed by atoms with Gasteiger partial charge < -0.3 is 30.5 Å². The first-order valence-electron chi connectivity index (χ1n) is 11.8. The molecule has 1 fully saturated rings. The van der Waals surface area contributed by atoms with Crippen LogP contribution in [0.5, 0.6) is 5.75 Å². The number of fused-ring (bicyclic) bond motifs is 2. The lowest BCUT2D eigenvalue weighted by atomic mass is 10.0. The number of carbonyl (C=O) groups is 1. The molecule has 3 aromatic rings. The van der Waals surface area contributed by atoms with Gasteiger partial charge in [0, 0.05) is 35.8 Å². The van der Waals surface area contributed by atoms with Crippen LogP contribution in [0.1, 0.15) is 41.2 Å². The minimum atomic E-state index is -0.436. The maximum atomic E-state index is 13.0. The van der Waals surface area contributed by atoms with Gasteiger partial charge in [-0.2, -0.15) is 0 Å². The summed E-state index contributed by atoms with van der Waals surface area (Å²) in [5.41, 5.74) is 10.5. The van der Waals surface area contributed by atoms with E-state index >= 15 is 0 Å². The van der Waals surface area contributed by atoms with Gasteiger partial charge in [-0.25, -0.2) is 4.98 Å². The number of aromatic nitrogens is 1. The smallest absolute Gasteiger partial charge is 0.263 e. The number of nitrogens with two attached hydrogens (primary N) is 1. The Balaban J connectivity index is 1.29. The summed E-state index contributed by atoms with van der Waals surface area (Å²) in [4.78, 5) is 20.8. The fourth-order valence-corrected chi connectivity index (χ4v) is 5.52. The molecule has 0 aliphatic carbocycles. The quantitative estimate of drug-likeness (QED) is 0.463. The molecule has 2 aliphatic rings. The van der Waals surface area contributed by atoms with Crippen molar-refractivity contribution in [2.45, 2.75) is 51.9 Å². The van der Waals surface area contributed by atoms with Gasteiger partial charge in [0.1, 0.15) is 28.3 Å². The first kappa shape index (κ1) is 23.4. The number of hydrogen-bond donors (Lipinski definition) is 3. The first-order valence-corrected chi connectivity index (χ1v) is 12.6. The second-order valence-electron chi connectivity index (χ2n) is 9.39. The van der Waals surface area contributed by atoms with Crippen LogP contribution < -0.4 is 20.7 Å². The highest BCUT2D eigenvalue weighted by Crippen LogP contribution is 2.36. The lowest BCUT2D eigenvalue weighted by Gasteiger charge is -2.28. The highest BCUT2D eigenvalue weighted by atomic mass is 32.1. The molecule has 4 heterocycles. The van der Waals surface area contributed by atoms with Crippen molar-refractivity contribution in [2.24, 2.45) is 0 Å². The predicted octanol–water partition coefficient (Wildman–Crippen LogP) is 3.76. The summed E-state index contributed by atoms with van der Waals surface area (Å²) in [5, 5.41) is 14.1. The van der Waals surface area contributed by atoms with Crippen LogP contribution in [0.15, 0.2) is 42.3 Å². The fourth-order valence-electron chi connectivity index (χ4n) is 4.47. The summed E-state index contributed by atoms with van der Waals surface area (Å²) in [5.74, 6) is 0.586.